The number of fused-ring (bicyclic) bond motifs is 1. The summed E-state index contributed by atoms with van der Waals surface area (Å²) in [7, 11) is 0. The minimum Gasteiger partial charge on any atom is -0.493 e. The van der Waals surface area contributed by atoms with Gasteiger partial charge in [0.05, 0.1) is 13.2 Å². The summed E-state index contributed by atoms with van der Waals surface area (Å²) >= 11 is 0. The van der Waals surface area contributed by atoms with Crippen molar-refractivity contribution in [3.05, 3.63) is 59.2 Å². The van der Waals surface area contributed by atoms with Gasteiger partial charge in [0.1, 0.15) is 11.5 Å². The standard InChI is InChI=1S/C21H21NO5/c23-20(14-3-6-17(7-4-14)27-12-13-1-2-13)22-19(21(24)25)16-5-8-18-15(11-16)9-10-26-18/h3-8,11,13,19H,1-2,9-10,12H2,(H,22,23)(H,24,25). The van der Waals surface area contributed by atoms with Crippen LogP contribution in [0.5, 0.6) is 11.5 Å². The van der Waals surface area contributed by atoms with E-state index in [1.807, 2.05) is 0 Å². The zero-order valence-corrected chi connectivity index (χ0v) is 14.8. The first-order valence-electron chi connectivity index (χ1n) is 9.12. The molecule has 6 nitrogen and oxygen atoms in total. The highest BCUT2D eigenvalue weighted by atomic mass is 16.5. The van der Waals surface area contributed by atoms with E-state index in [4.69, 9.17) is 9.47 Å². The molecule has 2 N–H and O–H groups in total. The third-order valence-electron chi connectivity index (χ3n) is 4.87. The fraction of sp³-hybridized carbons (Fsp3) is 0.333. The molecule has 0 bridgehead atoms. The molecule has 0 radical (unpaired) electrons. The Balaban J connectivity index is 1.44. The summed E-state index contributed by atoms with van der Waals surface area (Å²) in [5.74, 6) is 0.601. The lowest BCUT2D eigenvalue weighted by Crippen LogP contribution is -2.33. The maximum Gasteiger partial charge on any atom is 0.330 e. The molecule has 1 aliphatic heterocycles. The monoisotopic (exact) mass is 367 g/mol. The van der Waals surface area contributed by atoms with Crippen molar-refractivity contribution in [1.82, 2.24) is 5.32 Å². The van der Waals surface area contributed by atoms with E-state index in [0.29, 0.717) is 36.0 Å². The van der Waals surface area contributed by atoms with Crippen LogP contribution in [0.15, 0.2) is 42.5 Å². The summed E-state index contributed by atoms with van der Waals surface area (Å²) in [6.45, 7) is 1.30. The smallest absolute Gasteiger partial charge is 0.330 e. The van der Waals surface area contributed by atoms with Crippen LogP contribution in [-0.2, 0) is 11.2 Å². The number of amides is 1. The number of carbonyl (C=O) groups excluding carboxylic acids is 1. The molecule has 2 aliphatic rings. The highest BCUT2D eigenvalue weighted by Crippen LogP contribution is 2.30. The Bertz CT molecular complexity index is 857. The Morgan fingerprint density at radius 3 is 2.67 bits per heavy atom. The number of hydrogen-bond donors (Lipinski definition) is 2. The van der Waals surface area contributed by atoms with Crippen LogP contribution in [0, 0.1) is 5.92 Å². The molecule has 140 valence electrons. The van der Waals surface area contributed by atoms with E-state index in [2.05, 4.69) is 5.32 Å². The molecular weight excluding hydrogens is 346 g/mol. The van der Waals surface area contributed by atoms with Gasteiger partial charge in [-0.15, -0.1) is 0 Å². The van der Waals surface area contributed by atoms with Gasteiger partial charge in [0.15, 0.2) is 6.04 Å². The van der Waals surface area contributed by atoms with Crippen molar-refractivity contribution in [3.8, 4) is 11.5 Å². The minimum absolute atomic E-state index is 0.393. The minimum atomic E-state index is -1.12. The predicted octanol–water partition coefficient (Wildman–Crippen LogP) is 2.97. The van der Waals surface area contributed by atoms with Crippen LogP contribution in [0.3, 0.4) is 0 Å². The van der Waals surface area contributed by atoms with Crippen LogP contribution in [0.1, 0.15) is 40.4 Å². The second-order valence-corrected chi connectivity index (χ2v) is 6.99. The van der Waals surface area contributed by atoms with Crippen molar-refractivity contribution in [2.75, 3.05) is 13.2 Å². The van der Waals surface area contributed by atoms with Gasteiger partial charge in [-0.05, 0) is 66.3 Å². The molecule has 1 amide bonds. The first-order chi connectivity index (χ1) is 13.1. The SMILES string of the molecule is O=C(NC(C(=O)O)c1ccc2c(c1)CCO2)c1ccc(OCC2CC2)cc1. The third-order valence-corrected chi connectivity index (χ3v) is 4.87. The van der Waals surface area contributed by atoms with E-state index in [-0.39, 0.29) is 0 Å². The number of benzene rings is 2. The van der Waals surface area contributed by atoms with Gasteiger partial charge in [-0.3, -0.25) is 4.79 Å². The Labute approximate surface area is 157 Å². The molecular formula is C21H21NO5. The second kappa shape index (κ2) is 7.31. The molecule has 1 saturated carbocycles. The van der Waals surface area contributed by atoms with Gasteiger partial charge in [-0.25, -0.2) is 4.79 Å². The number of nitrogens with one attached hydrogen (secondary N) is 1. The van der Waals surface area contributed by atoms with Crippen molar-refractivity contribution in [1.29, 1.82) is 0 Å². The fourth-order valence-corrected chi connectivity index (χ4v) is 3.09. The van der Waals surface area contributed by atoms with E-state index < -0.39 is 17.9 Å². The van der Waals surface area contributed by atoms with Crippen LogP contribution < -0.4 is 14.8 Å². The number of ether oxygens (including phenoxy) is 2. The molecule has 1 unspecified atom stereocenters. The lowest BCUT2D eigenvalue weighted by atomic mass is 10.0. The number of carbonyl (C=O) groups is 2. The quantitative estimate of drug-likeness (QED) is 0.786. The van der Waals surface area contributed by atoms with Gasteiger partial charge in [0, 0.05) is 12.0 Å². The predicted molar refractivity (Wildman–Crippen MR) is 98.1 cm³/mol. The Hall–Kier alpha value is -3.02. The number of hydrogen-bond acceptors (Lipinski definition) is 4. The molecule has 6 heteroatoms. The van der Waals surface area contributed by atoms with Crippen LogP contribution >= 0.6 is 0 Å². The van der Waals surface area contributed by atoms with Crippen molar-refractivity contribution < 1.29 is 24.2 Å². The first kappa shape index (κ1) is 17.4. The normalized spacial score (nSPS) is 16.1. The summed E-state index contributed by atoms with van der Waals surface area (Å²) in [6, 6.07) is 10.9. The van der Waals surface area contributed by atoms with Gasteiger partial charge < -0.3 is 19.9 Å². The second-order valence-electron chi connectivity index (χ2n) is 6.99. The summed E-state index contributed by atoms with van der Waals surface area (Å²) in [5, 5.41) is 12.2. The average molecular weight is 367 g/mol. The van der Waals surface area contributed by atoms with E-state index in [9.17, 15) is 14.7 Å². The van der Waals surface area contributed by atoms with Crippen molar-refractivity contribution in [2.45, 2.75) is 25.3 Å². The Kier molecular flexibility index (Phi) is 4.71. The highest BCUT2D eigenvalue weighted by Gasteiger charge is 2.25. The molecule has 1 aliphatic carbocycles. The summed E-state index contributed by atoms with van der Waals surface area (Å²) < 4.78 is 11.1. The molecule has 1 fully saturated rings. The highest BCUT2D eigenvalue weighted by molar-refractivity contribution is 5.97. The number of aliphatic carboxylic acids is 1. The molecule has 2 aromatic carbocycles. The van der Waals surface area contributed by atoms with Crippen molar-refractivity contribution >= 4 is 11.9 Å². The molecule has 0 aromatic heterocycles. The van der Waals surface area contributed by atoms with E-state index in [0.717, 1.165) is 17.7 Å². The molecule has 4 rings (SSSR count). The van der Waals surface area contributed by atoms with Crippen LogP contribution in [0.2, 0.25) is 0 Å². The molecule has 2 aromatic rings. The zero-order valence-electron chi connectivity index (χ0n) is 14.8. The number of carboxylic acid groups (broad SMARTS) is 1. The van der Waals surface area contributed by atoms with Crippen LogP contribution in [-0.4, -0.2) is 30.2 Å². The van der Waals surface area contributed by atoms with Crippen molar-refractivity contribution in [3.63, 3.8) is 0 Å². The zero-order chi connectivity index (χ0) is 18.8. The van der Waals surface area contributed by atoms with Gasteiger partial charge in [0.2, 0.25) is 0 Å². The maximum atomic E-state index is 12.5. The molecule has 0 spiro atoms. The topological polar surface area (TPSA) is 84.9 Å². The Morgan fingerprint density at radius 2 is 1.96 bits per heavy atom. The molecule has 1 heterocycles. The van der Waals surface area contributed by atoms with Crippen molar-refractivity contribution in [2.24, 2.45) is 5.92 Å². The van der Waals surface area contributed by atoms with Gasteiger partial charge in [-0.1, -0.05) is 6.07 Å². The van der Waals surface area contributed by atoms with Gasteiger partial charge in [0.25, 0.3) is 5.91 Å². The summed E-state index contributed by atoms with van der Waals surface area (Å²) in [5.41, 5.74) is 1.89. The van der Waals surface area contributed by atoms with Crippen LogP contribution in [0.25, 0.3) is 0 Å². The fourth-order valence-electron chi connectivity index (χ4n) is 3.09. The summed E-state index contributed by atoms with van der Waals surface area (Å²) in [6.07, 6.45) is 3.17. The average Bonchev–Trinajstić information content (AvgIpc) is 3.39. The van der Waals surface area contributed by atoms with E-state index >= 15 is 0 Å². The maximum absolute atomic E-state index is 12.5. The largest absolute Gasteiger partial charge is 0.493 e. The summed E-state index contributed by atoms with van der Waals surface area (Å²) in [4.78, 5) is 24.2. The number of rotatable bonds is 7. The van der Waals surface area contributed by atoms with Gasteiger partial charge >= 0.3 is 5.97 Å². The van der Waals surface area contributed by atoms with Gasteiger partial charge in [-0.2, -0.15) is 0 Å². The lowest BCUT2D eigenvalue weighted by Gasteiger charge is -2.16. The molecule has 27 heavy (non-hydrogen) atoms. The number of carboxylic acids is 1. The molecule has 0 saturated heterocycles. The van der Waals surface area contributed by atoms with E-state index in [1.165, 1.54) is 12.8 Å². The van der Waals surface area contributed by atoms with E-state index in [1.54, 1.807) is 42.5 Å². The third kappa shape index (κ3) is 4.05. The van der Waals surface area contributed by atoms with Crippen LogP contribution in [0.4, 0.5) is 0 Å². The first-order valence-corrected chi connectivity index (χ1v) is 9.12. The molecule has 1 atom stereocenters. The lowest BCUT2D eigenvalue weighted by molar-refractivity contribution is -0.139. The Morgan fingerprint density at radius 1 is 1.19 bits per heavy atom.